The number of benzene rings is 1. The van der Waals surface area contributed by atoms with Crippen LogP contribution in [0.4, 0.5) is 5.69 Å². The molecule has 104 valence electrons. The molecule has 0 radical (unpaired) electrons. The number of hydrogen-bond acceptors (Lipinski definition) is 3. The second-order valence-corrected chi connectivity index (χ2v) is 4.41. The summed E-state index contributed by atoms with van der Waals surface area (Å²) in [6.07, 6.45) is 1.40. The molecule has 6 heteroatoms. The minimum absolute atomic E-state index is 0.0770. The molecule has 0 fully saturated rings. The summed E-state index contributed by atoms with van der Waals surface area (Å²) in [4.78, 5) is 22.7. The molecule has 2 aromatic rings. The molecule has 0 spiro atoms. The first-order valence-electron chi connectivity index (χ1n) is 6.18. The number of nitrogens with zero attached hydrogens (tertiary/aromatic N) is 2. The van der Waals surface area contributed by atoms with E-state index in [0.29, 0.717) is 11.4 Å². The minimum Gasteiger partial charge on any atom is -0.481 e. The number of carboxylic acid groups (broad SMARTS) is 1. The summed E-state index contributed by atoms with van der Waals surface area (Å²) >= 11 is 0. The molecule has 2 N–H and O–H groups in total. The van der Waals surface area contributed by atoms with Crippen molar-refractivity contribution in [2.24, 2.45) is 0 Å². The van der Waals surface area contributed by atoms with Crippen molar-refractivity contribution in [3.8, 4) is 0 Å². The molecule has 1 heterocycles. The average molecular weight is 273 g/mol. The summed E-state index contributed by atoms with van der Waals surface area (Å²) in [5, 5.41) is 15.4. The number of aliphatic carboxylic acids is 1. The number of aryl methyl sites for hydroxylation is 2. The Hall–Kier alpha value is -2.63. The lowest BCUT2D eigenvalue weighted by Crippen LogP contribution is -2.19. The predicted molar refractivity (Wildman–Crippen MR) is 73.6 cm³/mol. The fourth-order valence-corrected chi connectivity index (χ4v) is 1.82. The Balaban J connectivity index is 2.09. The van der Waals surface area contributed by atoms with E-state index in [4.69, 9.17) is 5.11 Å². The Morgan fingerprint density at radius 2 is 2.15 bits per heavy atom. The van der Waals surface area contributed by atoms with Crippen LogP contribution in [0.2, 0.25) is 0 Å². The highest BCUT2D eigenvalue weighted by Gasteiger charge is 2.13. The van der Waals surface area contributed by atoms with Crippen LogP contribution in [0.5, 0.6) is 0 Å². The quantitative estimate of drug-likeness (QED) is 0.871. The number of rotatable bonds is 5. The molecule has 0 saturated heterocycles. The van der Waals surface area contributed by atoms with E-state index in [1.54, 1.807) is 12.1 Å². The fourth-order valence-electron chi connectivity index (χ4n) is 1.82. The van der Waals surface area contributed by atoms with E-state index in [1.165, 1.54) is 10.9 Å². The van der Waals surface area contributed by atoms with Gasteiger partial charge in [0.1, 0.15) is 5.69 Å². The van der Waals surface area contributed by atoms with Gasteiger partial charge < -0.3 is 10.4 Å². The lowest BCUT2D eigenvalue weighted by Gasteiger charge is -2.08. The van der Waals surface area contributed by atoms with Gasteiger partial charge in [0.25, 0.3) is 5.91 Å². The summed E-state index contributed by atoms with van der Waals surface area (Å²) in [6.45, 7) is 2.10. The van der Waals surface area contributed by atoms with Crippen molar-refractivity contribution in [1.82, 2.24) is 9.78 Å². The van der Waals surface area contributed by atoms with Gasteiger partial charge in [-0.25, -0.2) is 0 Å². The van der Waals surface area contributed by atoms with E-state index in [1.807, 2.05) is 25.1 Å². The second-order valence-electron chi connectivity index (χ2n) is 4.41. The number of carboxylic acids is 1. The van der Waals surface area contributed by atoms with Crippen molar-refractivity contribution in [3.63, 3.8) is 0 Å². The zero-order valence-electron chi connectivity index (χ0n) is 11.0. The molecule has 20 heavy (non-hydrogen) atoms. The van der Waals surface area contributed by atoms with Crippen LogP contribution in [0.3, 0.4) is 0 Å². The van der Waals surface area contributed by atoms with Gasteiger partial charge in [0.15, 0.2) is 0 Å². The molecule has 2 rings (SSSR count). The molecule has 0 aliphatic rings. The van der Waals surface area contributed by atoms with Crippen molar-refractivity contribution < 1.29 is 14.7 Å². The van der Waals surface area contributed by atoms with Crippen LogP contribution in [-0.2, 0) is 11.3 Å². The molecule has 0 bridgehead atoms. The molecule has 6 nitrogen and oxygen atoms in total. The molecule has 1 amide bonds. The maximum Gasteiger partial charge on any atom is 0.305 e. The predicted octanol–water partition coefficient (Wildman–Crippen LogP) is 1.92. The summed E-state index contributed by atoms with van der Waals surface area (Å²) in [5.74, 6) is -1.23. The molecule has 0 aliphatic heterocycles. The molecule has 1 aromatic carbocycles. The number of amides is 1. The van der Waals surface area contributed by atoms with Crippen LogP contribution in [0.15, 0.2) is 36.5 Å². The van der Waals surface area contributed by atoms with E-state index in [0.717, 1.165) is 5.56 Å². The summed E-state index contributed by atoms with van der Waals surface area (Å²) < 4.78 is 1.39. The highest BCUT2D eigenvalue weighted by atomic mass is 16.4. The van der Waals surface area contributed by atoms with Crippen molar-refractivity contribution in [2.75, 3.05) is 5.32 Å². The summed E-state index contributed by atoms with van der Waals surface area (Å²) in [5.41, 5.74) is 2.08. The van der Waals surface area contributed by atoms with Crippen molar-refractivity contribution in [1.29, 1.82) is 0 Å². The Morgan fingerprint density at radius 1 is 1.35 bits per heavy atom. The molecule has 0 saturated carbocycles. The Bertz CT molecular complexity index is 634. The standard InChI is InChI=1S/C14H15N3O3/c1-10-3-2-4-11(9-10)16-14(20)12-5-7-15-17(12)8-6-13(18)19/h2-5,7,9H,6,8H2,1H3,(H,16,20)(H,18,19). The first kappa shape index (κ1) is 13.8. The Kier molecular flexibility index (Phi) is 4.14. The minimum atomic E-state index is -0.925. The average Bonchev–Trinajstić information content (AvgIpc) is 2.84. The number of carbonyl (C=O) groups is 2. The number of hydrogen-bond donors (Lipinski definition) is 2. The maximum atomic E-state index is 12.1. The van der Waals surface area contributed by atoms with E-state index >= 15 is 0 Å². The van der Waals surface area contributed by atoms with Crippen molar-refractivity contribution in [3.05, 3.63) is 47.8 Å². The van der Waals surface area contributed by atoms with Gasteiger partial charge in [-0.15, -0.1) is 0 Å². The lowest BCUT2D eigenvalue weighted by atomic mass is 10.2. The summed E-state index contributed by atoms with van der Waals surface area (Å²) in [6, 6.07) is 9.01. The third-order valence-corrected chi connectivity index (χ3v) is 2.76. The highest BCUT2D eigenvalue weighted by molar-refractivity contribution is 6.03. The largest absolute Gasteiger partial charge is 0.481 e. The molecule has 0 atom stereocenters. The van der Waals surface area contributed by atoms with E-state index in [-0.39, 0.29) is 18.9 Å². The van der Waals surface area contributed by atoms with Gasteiger partial charge in [-0.05, 0) is 30.7 Å². The normalized spacial score (nSPS) is 10.2. The van der Waals surface area contributed by atoms with E-state index in [2.05, 4.69) is 10.4 Å². The van der Waals surface area contributed by atoms with Crippen LogP contribution < -0.4 is 5.32 Å². The molecular weight excluding hydrogens is 258 g/mol. The number of aromatic nitrogens is 2. The maximum absolute atomic E-state index is 12.1. The van der Waals surface area contributed by atoms with Crippen LogP contribution in [0.25, 0.3) is 0 Å². The van der Waals surface area contributed by atoms with Gasteiger partial charge in [0.2, 0.25) is 0 Å². The topological polar surface area (TPSA) is 84.2 Å². The van der Waals surface area contributed by atoms with Gasteiger partial charge in [-0.3, -0.25) is 14.3 Å². The first-order valence-corrected chi connectivity index (χ1v) is 6.18. The zero-order valence-corrected chi connectivity index (χ0v) is 11.0. The van der Waals surface area contributed by atoms with E-state index < -0.39 is 5.97 Å². The van der Waals surface area contributed by atoms with Crippen LogP contribution in [0.1, 0.15) is 22.5 Å². The zero-order chi connectivity index (χ0) is 14.5. The van der Waals surface area contributed by atoms with Gasteiger partial charge in [-0.2, -0.15) is 5.10 Å². The number of anilines is 1. The highest BCUT2D eigenvalue weighted by Crippen LogP contribution is 2.11. The third-order valence-electron chi connectivity index (χ3n) is 2.76. The summed E-state index contributed by atoms with van der Waals surface area (Å²) in [7, 11) is 0. The van der Waals surface area contributed by atoms with Gasteiger partial charge >= 0.3 is 5.97 Å². The number of carbonyl (C=O) groups excluding carboxylic acids is 1. The smallest absolute Gasteiger partial charge is 0.305 e. The molecule has 0 aliphatic carbocycles. The molecule has 1 aromatic heterocycles. The first-order chi connectivity index (χ1) is 9.56. The SMILES string of the molecule is Cc1cccc(NC(=O)c2ccnn2CCC(=O)O)c1. The number of nitrogens with one attached hydrogen (secondary N) is 1. The third kappa shape index (κ3) is 3.44. The van der Waals surface area contributed by atoms with Crippen LogP contribution in [-0.4, -0.2) is 26.8 Å². The van der Waals surface area contributed by atoms with Crippen molar-refractivity contribution in [2.45, 2.75) is 19.9 Å². The molecule has 0 unspecified atom stereocenters. The van der Waals surface area contributed by atoms with E-state index in [9.17, 15) is 9.59 Å². The second kappa shape index (κ2) is 6.01. The Labute approximate surface area is 116 Å². The van der Waals surface area contributed by atoms with Gasteiger partial charge in [-0.1, -0.05) is 12.1 Å². The van der Waals surface area contributed by atoms with Crippen LogP contribution in [0, 0.1) is 6.92 Å². The Morgan fingerprint density at radius 3 is 2.85 bits per heavy atom. The van der Waals surface area contributed by atoms with Crippen molar-refractivity contribution >= 4 is 17.6 Å². The van der Waals surface area contributed by atoms with Crippen LogP contribution >= 0.6 is 0 Å². The monoisotopic (exact) mass is 273 g/mol. The fraction of sp³-hybridized carbons (Fsp3) is 0.214. The lowest BCUT2D eigenvalue weighted by molar-refractivity contribution is -0.137. The molecular formula is C14H15N3O3. The van der Waals surface area contributed by atoms with Gasteiger partial charge in [0, 0.05) is 11.9 Å². The van der Waals surface area contributed by atoms with Gasteiger partial charge in [0.05, 0.1) is 13.0 Å².